The number of para-hydroxylation sites is 1. The highest BCUT2D eigenvalue weighted by Crippen LogP contribution is 2.28. The topological polar surface area (TPSA) is 83.2 Å². The van der Waals surface area contributed by atoms with Gasteiger partial charge in [-0.2, -0.15) is 5.26 Å². The molecule has 0 amide bonds. The standard InChI is InChI=1S/C20H16N2O3S/c21-12-15(20-22-16-8-4-5-9-18(16)26-20)17(23)13-25-19(24)11-10-14-6-2-1-3-7-14/h1-9,23H,10-11,13H2. The minimum atomic E-state index is -0.429. The number of benzene rings is 2. The van der Waals surface area contributed by atoms with Crippen molar-refractivity contribution in [3.63, 3.8) is 0 Å². The van der Waals surface area contributed by atoms with Crippen LogP contribution in [0.3, 0.4) is 0 Å². The highest BCUT2D eigenvalue weighted by atomic mass is 32.1. The molecule has 0 aliphatic rings. The number of esters is 1. The van der Waals surface area contributed by atoms with Crippen LogP contribution in [0.15, 0.2) is 60.4 Å². The molecule has 1 aromatic heterocycles. The SMILES string of the molecule is N#CC(=C(O)COC(=O)CCc1ccccc1)c1nc2ccccc2s1. The van der Waals surface area contributed by atoms with Gasteiger partial charge in [0.1, 0.15) is 23.3 Å². The Morgan fingerprint density at radius 1 is 1.15 bits per heavy atom. The molecule has 0 aliphatic heterocycles. The van der Waals surface area contributed by atoms with Gasteiger partial charge in [0.2, 0.25) is 0 Å². The second-order valence-electron chi connectivity index (χ2n) is 5.57. The maximum Gasteiger partial charge on any atom is 0.306 e. The largest absolute Gasteiger partial charge is 0.507 e. The number of carbonyl (C=O) groups is 1. The molecule has 26 heavy (non-hydrogen) atoms. The number of thiazole rings is 1. The van der Waals surface area contributed by atoms with Crippen molar-refractivity contribution in [3.05, 3.63) is 70.9 Å². The number of aryl methyl sites for hydroxylation is 1. The molecule has 2 aromatic carbocycles. The van der Waals surface area contributed by atoms with Gasteiger partial charge < -0.3 is 9.84 Å². The third-order valence-corrected chi connectivity index (χ3v) is 4.79. The molecular weight excluding hydrogens is 348 g/mol. The fourth-order valence-corrected chi connectivity index (χ4v) is 3.38. The van der Waals surface area contributed by atoms with Crippen LogP contribution in [0.25, 0.3) is 15.8 Å². The van der Waals surface area contributed by atoms with Gasteiger partial charge in [0.15, 0.2) is 5.76 Å². The molecule has 0 aliphatic carbocycles. The number of allylic oxidation sites excluding steroid dienone is 1. The van der Waals surface area contributed by atoms with Crippen molar-refractivity contribution >= 4 is 33.1 Å². The number of rotatable bonds is 6. The van der Waals surface area contributed by atoms with Crippen LogP contribution in [0.2, 0.25) is 0 Å². The normalized spacial score (nSPS) is 11.7. The number of hydrogen-bond acceptors (Lipinski definition) is 6. The summed E-state index contributed by atoms with van der Waals surface area (Å²) >= 11 is 1.31. The molecule has 0 spiro atoms. The summed E-state index contributed by atoms with van der Waals surface area (Å²) in [4.78, 5) is 16.2. The van der Waals surface area contributed by atoms with Crippen molar-refractivity contribution in [1.29, 1.82) is 5.26 Å². The molecule has 6 heteroatoms. The quantitative estimate of drug-likeness (QED) is 0.401. The van der Waals surface area contributed by atoms with E-state index in [2.05, 4.69) is 4.98 Å². The molecule has 3 aromatic rings. The lowest BCUT2D eigenvalue weighted by Gasteiger charge is -2.05. The van der Waals surface area contributed by atoms with Crippen LogP contribution in [-0.2, 0) is 16.0 Å². The molecule has 0 saturated carbocycles. The van der Waals surface area contributed by atoms with Crippen LogP contribution in [0.4, 0.5) is 0 Å². The van der Waals surface area contributed by atoms with E-state index >= 15 is 0 Å². The van der Waals surface area contributed by atoms with E-state index in [1.807, 2.05) is 60.7 Å². The van der Waals surface area contributed by atoms with Gasteiger partial charge in [0.25, 0.3) is 0 Å². The number of carbonyl (C=O) groups excluding carboxylic acids is 1. The Bertz CT molecular complexity index is 954. The van der Waals surface area contributed by atoms with E-state index < -0.39 is 5.97 Å². The molecule has 0 unspecified atom stereocenters. The Hall–Kier alpha value is -3.17. The minimum absolute atomic E-state index is 0.0297. The molecule has 0 fully saturated rings. The van der Waals surface area contributed by atoms with Crippen LogP contribution in [0.5, 0.6) is 0 Å². The van der Waals surface area contributed by atoms with Gasteiger partial charge in [0, 0.05) is 6.42 Å². The molecule has 1 N–H and O–H groups in total. The lowest BCUT2D eigenvalue weighted by Crippen LogP contribution is -2.09. The number of aliphatic hydroxyl groups excluding tert-OH is 1. The Morgan fingerprint density at radius 3 is 2.62 bits per heavy atom. The van der Waals surface area contributed by atoms with Crippen molar-refractivity contribution in [2.75, 3.05) is 6.61 Å². The summed E-state index contributed by atoms with van der Waals surface area (Å²) < 4.78 is 6.00. The van der Waals surface area contributed by atoms with E-state index in [1.165, 1.54) is 11.3 Å². The third-order valence-electron chi connectivity index (χ3n) is 3.74. The van der Waals surface area contributed by atoms with Crippen molar-refractivity contribution in [2.45, 2.75) is 12.8 Å². The van der Waals surface area contributed by atoms with Crippen molar-refractivity contribution in [1.82, 2.24) is 4.98 Å². The van der Waals surface area contributed by atoms with Gasteiger partial charge in [-0.1, -0.05) is 42.5 Å². The summed E-state index contributed by atoms with van der Waals surface area (Å²) in [7, 11) is 0. The smallest absolute Gasteiger partial charge is 0.306 e. The van der Waals surface area contributed by atoms with E-state index in [4.69, 9.17) is 4.74 Å². The Balaban J connectivity index is 1.63. The highest BCUT2D eigenvalue weighted by Gasteiger charge is 2.15. The number of nitriles is 1. The summed E-state index contributed by atoms with van der Waals surface area (Å²) in [6.07, 6.45) is 0.771. The van der Waals surface area contributed by atoms with Gasteiger partial charge >= 0.3 is 5.97 Å². The first-order valence-corrected chi connectivity index (χ1v) is 8.86. The summed E-state index contributed by atoms with van der Waals surface area (Å²) in [5.41, 5.74) is 1.83. The van der Waals surface area contributed by atoms with Gasteiger partial charge in [-0.3, -0.25) is 4.79 Å². The molecule has 0 radical (unpaired) electrons. The van der Waals surface area contributed by atoms with Gasteiger partial charge in [-0.15, -0.1) is 11.3 Å². The molecule has 0 bridgehead atoms. The Morgan fingerprint density at radius 2 is 1.88 bits per heavy atom. The molecule has 3 rings (SSSR count). The Labute approximate surface area is 154 Å². The molecule has 1 heterocycles. The zero-order valence-electron chi connectivity index (χ0n) is 13.9. The van der Waals surface area contributed by atoms with E-state index in [9.17, 15) is 15.2 Å². The third kappa shape index (κ3) is 4.26. The fraction of sp³-hybridized carbons (Fsp3) is 0.150. The lowest BCUT2D eigenvalue weighted by atomic mass is 10.1. The average molecular weight is 364 g/mol. The predicted molar refractivity (Wildman–Crippen MR) is 101 cm³/mol. The zero-order valence-corrected chi connectivity index (χ0v) is 14.7. The van der Waals surface area contributed by atoms with E-state index in [1.54, 1.807) is 0 Å². The van der Waals surface area contributed by atoms with Crippen LogP contribution in [0.1, 0.15) is 17.0 Å². The minimum Gasteiger partial charge on any atom is -0.507 e. The molecular formula is C20H16N2O3S. The maximum absolute atomic E-state index is 11.9. The first kappa shape index (κ1) is 17.6. The number of nitrogens with zero attached hydrogens (tertiary/aromatic N) is 2. The van der Waals surface area contributed by atoms with Crippen LogP contribution in [-0.4, -0.2) is 22.7 Å². The second-order valence-corrected chi connectivity index (χ2v) is 6.60. The summed E-state index contributed by atoms with van der Waals surface area (Å²) in [6.45, 7) is -0.341. The van der Waals surface area contributed by atoms with Gasteiger partial charge in [-0.25, -0.2) is 4.98 Å². The highest BCUT2D eigenvalue weighted by molar-refractivity contribution is 7.19. The predicted octanol–water partition coefficient (Wildman–Crippen LogP) is 4.26. The maximum atomic E-state index is 11.9. The number of aromatic nitrogens is 1. The van der Waals surface area contributed by atoms with E-state index in [0.717, 1.165) is 15.8 Å². The number of fused-ring (bicyclic) bond motifs is 1. The van der Waals surface area contributed by atoms with Crippen molar-refractivity contribution in [3.8, 4) is 6.07 Å². The summed E-state index contributed by atoms with van der Waals surface area (Å²) in [5, 5.41) is 19.9. The molecule has 0 saturated heterocycles. The van der Waals surface area contributed by atoms with E-state index in [-0.39, 0.29) is 24.4 Å². The number of hydrogen-bond donors (Lipinski definition) is 1. The van der Waals surface area contributed by atoms with E-state index in [0.29, 0.717) is 11.4 Å². The van der Waals surface area contributed by atoms with Crippen molar-refractivity contribution < 1.29 is 14.6 Å². The summed E-state index contributed by atoms with van der Waals surface area (Å²) in [5.74, 6) is -0.721. The fourth-order valence-electron chi connectivity index (χ4n) is 2.40. The van der Waals surface area contributed by atoms with Gasteiger partial charge in [-0.05, 0) is 24.1 Å². The van der Waals surface area contributed by atoms with Crippen LogP contribution < -0.4 is 0 Å². The zero-order chi connectivity index (χ0) is 18.4. The summed E-state index contributed by atoms with van der Waals surface area (Å²) in [6, 6.07) is 19.0. The number of aliphatic hydroxyl groups is 1. The molecule has 130 valence electrons. The first-order valence-electron chi connectivity index (χ1n) is 8.05. The average Bonchev–Trinajstić information content (AvgIpc) is 3.09. The Kier molecular flexibility index (Phi) is 5.62. The van der Waals surface area contributed by atoms with Crippen LogP contribution >= 0.6 is 11.3 Å². The molecule has 0 atom stereocenters. The molecule has 5 nitrogen and oxygen atoms in total. The van der Waals surface area contributed by atoms with Crippen molar-refractivity contribution in [2.24, 2.45) is 0 Å². The lowest BCUT2D eigenvalue weighted by molar-refractivity contribution is -0.143. The first-order chi connectivity index (χ1) is 12.7. The van der Waals surface area contributed by atoms with Gasteiger partial charge in [0.05, 0.1) is 10.2 Å². The monoisotopic (exact) mass is 364 g/mol. The number of ether oxygens (including phenoxy) is 1. The second kappa shape index (κ2) is 8.28. The van der Waals surface area contributed by atoms with Crippen LogP contribution in [0, 0.1) is 11.3 Å².